The first-order chi connectivity index (χ1) is 16.4. The number of hydrogen-bond acceptors (Lipinski definition) is 7. The number of anilines is 1. The summed E-state index contributed by atoms with van der Waals surface area (Å²) in [5.41, 5.74) is 1.87. The molecule has 0 spiro atoms. The number of nitrogens with zero attached hydrogens (tertiary/aromatic N) is 4. The highest BCUT2D eigenvalue weighted by Crippen LogP contribution is 2.23. The molecule has 0 radical (unpaired) electrons. The molecule has 0 aliphatic carbocycles. The predicted octanol–water partition coefficient (Wildman–Crippen LogP) is 2.74. The summed E-state index contributed by atoms with van der Waals surface area (Å²) in [7, 11) is 7.15. The summed E-state index contributed by atoms with van der Waals surface area (Å²) in [6.07, 6.45) is 0.422. The van der Waals surface area contributed by atoms with Crippen LogP contribution >= 0.6 is 0 Å². The van der Waals surface area contributed by atoms with Crippen molar-refractivity contribution in [1.82, 2.24) is 25.3 Å². The van der Waals surface area contributed by atoms with Gasteiger partial charge >= 0.3 is 6.03 Å². The van der Waals surface area contributed by atoms with Crippen LogP contribution in [0.15, 0.2) is 53.1 Å². The van der Waals surface area contributed by atoms with Crippen molar-refractivity contribution in [3.05, 3.63) is 59.9 Å². The average molecular weight is 467 g/mol. The normalized spacial score (nSPS) is 10.7. The van der Waals surface area contributed by atoms with Gasteiger partial charge in [-0.15, -0.1) is 0 Å². The third-order valence-corrected chi connectivity index (χ3v) is 5.07. The number of urea groups is 1. The van der Waals surface area contributed by atoms with Gasteiger partial charge < -0.3 is 29.7 Å². The van der Waals surface area contributed by atoms with E-state index in [0.717, 1.165) is 6.54 Å². The number of para-hydroxylation sites is 2. The Balaban J connectivity index is 1.52. The SMILES string of the molecule is COc1ccccc1NC(=O)N(C)CCc1noc(-c2ccc(C(=O)NCCN(C)C)cc2)n1. The molecule has 0 aliphatic rings. The van der Waals surface area contributed by atoms with Gasteiger partial charge in [-0.3, -0.25) is 4.79 Å². The first kappa shape index (κ1) is 24.7. The number of carbonyl (C=O) groups is 2. The van der Waals surface area contributed by atoms with Crippen molar-refractivity contribution in [3.63, 3.8) is 0 Å². The summed E-state index contributed by atoms with van der Waals surface area (Å²) in [5.74, 6) is 1.30. The third kappa shape index (κ3) is 6.79. The van der Waals surface area contributed by atoms with Gasteiger partial charge in [0.2, 0.25) is 0 Å². The van der Waals surface area contributed by atoms with Gasteiger partial charge in [0.15, 0.2) is 5.82 Å². The van der Waals surface area contributed by atoms with Crippen molar-refractivity contribution < 1.29 is 18.8 Å². The predicted molar refractivity (Wildman–Crippen MR) is 129 cm³/mol. The Labute approximate surface area is 198 Å². The van der Waals surface area contributed by atoms with E-state index in [1.54, 1.807) is 50.6 Å². The molecule has 1 heterocycles. The van der Waals surface area contributed by atoms with Crippen LogP contribution in [0.5, 0.6) is 5.75 Å². The second-order valence-corrected chi connectivity index (χ2v) is 7.95. The molecule has 0 fully saturated rings. The van der Waals surface area contributed by atoms with E-state index in [-0.39, 0.29) is 11.9 Å². The lowest BCUT2D eigenvalue weighted by atomic mass is 10.1. The lowest BCUT2D eigenvalue weighted by molar-refractivity contribution is 0.0951. The monoisotopic (exact) mass is 466 g/mol. The molecule has 0 saturated carbocycles. The summed E-state index contributed by atoms with van der Waals surface area (Å²) < 4.78 is 10.6. The molecule has 10 nitrogen and oxygen atoms in total. The van der Waals surface area contributed by atoms with E-state index in [1.807, 2.05) is 31.1 Å². The maximum Gasteiger partial charge on any atom is 0.321 e. The largest absolute Gasteiger partial charge is 0.495 e. The van der Waals surface area contributed by atoms with E-state index >= 15 is 0 Å². The second kappa shape index (κ2) is 11.8. The van der Waals surface area contributed by atoms with E-state index in [9.17, 15) is 9.59 Å². The van der Waals surface area contributed by atoms with E-state index in [4.69, 9.17) is 9.26 Å². The number of ether oxygens (including phenoxy) is 1. The number of likely N-dealkylation sites (N-methyl/N-ethyl adjacent to an activating group) is 2. The minimum absolute atomic E-state index is 0.131. The van der Waals surface area contributed by atoms with Gasteiger partial charge in [-0.25, -0.2) is 4.79 Å². The maximum absolute atomic E-state index is 12.5. The number of rotatable bonds is 10. The lowest BCUT2D eigenvalue weighted by Gasteiger charge is -2.18. The number of carbonyl (C=O) groups excluding carboxylic acids is 2. The first-order valence-corrected chi connectivity index (χ1v) is 10.9. The molecule has 3 amide bonds. The van der Waals surface area contributed by atoms with Crippen molar-refractivity contribution in [2.75, 3.05) is 53.2 Å². The lowest BCUT2D eigenvalue weighted by Crippen LogP contribution is -2.33. The highest BCUT2D eigenvalue weighted by atomic mass is 16.5. The highest BCUT2D eigenvalue weighted by Gasteiger charge is 2.15. The molecule has 3 aromatic rings. The first-order valence-electron chi connectivity index (χ1n) is 10.9. The molecule has 10 heteroatoms. The Bertz CT molecular complexity index is 1100. The Morgan fingerprint density at radius 1 is 1.03 bits per heavy atom. The van der Waals surface area contributed by atoms with Gasteiger partial charge in [-0.2, -0.15) is 4.98 Å². The van der Waals surface area contributed by atoms with Gasteiger partial charge in [0.25, 0.3) is 11.8 Å². The summed E-state index contributed by atoms with van der Waals surface area (Å²) in [6, 6.07) is 13.9. The molecular weight excluding hydrogens is 436 g/mol. The molecule has 0 aliphatic heterocycles. The summed E-state index contributed by atoms with van der Waals surface area (Å²) in [6.45, 7) is 1.74. The zero-order chi connectivity index (χ0) is 24.5. The minimum atomic E-state index is -0.271. The maximum atomic E-state index is 12.5. The smallest absolute Gasteiger partial charge is 0.321 e. The van der Waals surface area contributed by atoms with Gasteiger partial charge in [-0.1, -0.05) is 17.3 Å². The highest BCUT2D eigenvalue weighted by molar-refractivity contribution is 5.94. The summed E-state index contributed by atoms with van der Waals surface area (Å²) in [4.78, 5) is 32.6. The van der Waals surface area contributed by atoms with Crippen LogP contribution in [-0.4, -0.2) is 79.8 Å². The standard InChI is InChI=1S/C24H30N6O4/c1-29(2)16-14-25-22(31)17-9-11-18(12-10-17)23-27-21(28-34-23)13-15-30(3)24(32)26-19-7-5-6-8-20(19)33-4/h5-12H,13-16H2,1-4H3,(H,25,31)(H,26,32). The quantitative estimate of drug-likeness (QED) is 0.472. The molecule has 0 saturated heterocycles. The molecule has 0 bridgehead atoms. The van der Waals surface area contributed by atoms with Crippen LogP contribution in [-0.2, 0) is 6.42 Å². The molecule has 3 rings (SSSR count). The Morgan fingerprint density at radius 3 is 2.47 bits per heavy atom. The van der Waals surface area contributed by atoms with Crippen LogP contribution < -0.4 is 15.4 Å². The van der Waals surface area contributed by atoms with Crippen LogP contribution in [0.2, 0.25) is 0 Å². The number of methoxy groups -OCH3 is 1. The van der Waals surface area contributed by atoms with Crippen molar-refractivity contribution in [3.8, 4) is 17.2 Å². The molecule has 1 aromatic heterocycles. The Morgan fingerprint density at radius 2 is 1.76 bits per heavy atom. The van der Waals surface area contributed by atoms with E-state index in [1.165, 1.54) is 4.90 Å². The molecule has 34 heavy (non-hydrogen) atoms. The topological polar surface area (TPSA) is 113 Å². The number of benzene rings is 2. The van der Waals surface area contributed by atoms with Gasteiger partial charge in [0.05, 0.1) is 12.8 Å². The van der Waals surface area contributed by atoms with Crippen LogP contribution in [0, 0.1) is 0 Å². The number of aromatic nitrogens is 2. The van der Waals surface area contributed by atoms with Crippen molar-refractivity contribution in [2.24, 2.45) is 0 Å². The second-order valence-electron chi connectivity index (χ2n) is 7.95. The number of amides is 3. The fourth-order valence-corrected chi connectivity index (χ4v) is 3.06. The number of hydrogen-bond donors (Lipinski definition) is 2. The number of nitrogens with one attached hydrogen (secondary N) is 2. The van der Waals surface area contributed by atoms with E-state index in [0.29, 0.717) is 53.8 Å². The van der Waals surface area contributed by atoms with Crippen molar-refractivity contribution in [1.29, 1.82) is 0 Å². The van der Waals surface area contributed by atoms with E-state index < -0.39 is 0 Å². The average Bonchev–Trinajstić information content (AvgIpc) is 3.31. The molecule has 0 atom stereocenters. The van der Waals surface area contributed by atoms with Gasteiger partial charge in [0.1, 0.15) is 5.75 Å². The Hall–Kier alpha value is -3.92. The fraction of sp³-hybridized carbons (Fsp3) is 0.333. The molecule has 0 unspecified atom stereocenters. The van der Waals surface area contributed by atoms with Gasteiger partial charge in [-0.05, 0) is 50.5 Å². The van der Waals surface area contributed by atoms with Crippen LogP contribution in [0.3, 0.4) is 0 Å². The molecule has 2 N–H and O–H groups in total. The molecule has 180 valence electrons. The van der Waals surface area contributed by atoms with Crippen molar-refractivity contribution >= 4 is 17.6 Å². The van der Waals surface area contributed by atoms with Crippen LogP contribution in [0.25, 0.3) is 11.5 Å². The minimum Gasteiger partial charge on any atom is -0.495 e. The summed E-state index contributed by atoms with van der Waals surface area (Å²) >= 11 is 0. The van der Waals surface area contributed by atoms with E-state index in [2.05, 4.69) is 20.8 Å². The van der Waals surface area contributed by atoms with Crippen LogP contribution in [0.1, 0.15) is 16.2 Å². The zero-order valence-electron chi connectivity index (χ0n) is 19.9. The fourth-order valence-electron chi connectivity index (χ4n) is 3.06. The van der Waals surface area contributed by atoms with Crippen LogP contribution in [0.4, 0.5) is 10.5 Å². The molecular formula is C24H30N6O4. The zero-order valence-corrected chi connectivity index (χ0v) is 19.9. The van der Waals surface area contributed by atoms with Crippen molar-refractivity contribution in [2.45, 2.75) is 6.42 Å². The third-order valence-electron chi connectivity index (χ3n) is 5.07. The Kier molecular flexibility index (Phi) is 8.58. The molecule has 2 aromatic carbocycles. The summed E-state index contributed by atoms with van der Waals surface area (Å²) in [5, 5.41) is 9.70. The van der Waals surface area contributed by atoms with Gasteiger partial charge in [0, 0.05) is 44.2 Å².